The van der Waals surface area contributed by atoms with Gasteiger partial charge in [0.1, 0.15) is 10.8 Å². The first kappa shape index (κ1) is 10.6. The number of anilines is 2. The van der Waals surface area contributed by atoms with E-state index < -0.39 is 10.9 Å². The fourth-order valence-electron chi connectivity index (χ4n) is 1.30. The normalized spacial score (nSPS) is 10.4. The van der Waals surface area contributed by atoms with E-state index in [1.807, 2.05) is 0 Å². The van der Waals surface area contributed by atoms with Crippen LogP contribution in [0.1, 0.15) is 0 Å². The largest absolute Gasteiger partial charge is 0.491 e. The molecule has 1 N–H and O–H groups in total. The van der Waals surface area contributed by atoms with Gasteiger partial charge in [-0.25, -0.2) is 4.98 Å². The molecule has 2 aromatic rings. The standard InChI is InChI=1S/C10H7ClN2O3/c1-16-10-7(8(14)9(10)15)13-5-2-3-12-6(11)4-5/h2-4H,1H3,(H,12,13). The van der Waals surface area contributed by atoms with Crippen LogP contribution in [0.5, 0.6) is 5.75 Å². The molecule has 0 atom stereocenters. The molecule has 1 aromatic carbocycles. The van der Waals surface area contributed by atoms with Gasteiger partial charge in [0.2, 0.25) is 0 Å². The van der Waals surface area contributed by atoms with Crippen molar-refractivity contribution in [3.63, 3.8) is 0 Å². The van der Waals surface area contributed by atoms with Crippen molar-refractivity contribution in [3.8, 4) is 5.75 Å². The average molecular weight is 239 g/mol. The number of methoxy groups -OCH3 is 1. The van der Waals surface area contributed by atoms with E-state index in [1.54, 1.807) is 6.07 Å². The molecule has 0 aliphatic carbocycles. The minimum Gasteiger partial charge on any atom is -0.491 e. The molecule has 1 aromatic heterocycles. The molecule has 0 aliphatic heterocycles. The Morgan fingerprint density at radius 1 is 1.38 bits per heavy atom. The SMILES string of the molecule is COc1c(Nc2ccnc(Cl)c2)c(=O)c1=O. The average Bonchev–Trinajstić information content (AvgIpc) is 2.28. The minimum atomic E-state index is -0.620. The molecule has 16 heavy (non-hydrogen) atoms. The van der Waals surface area contributed by atoms with Crippen molar-refractivity contribution in [1.82, 2.24) is 4.98 Å². The lowest BCUT2D eigenvalue weighted by molar-refractivity contribution is 0.408. The van der Waals surface area contributed by atoms with E-state index in [2.05, 4.69) is 10.3 Å². The summed E-state index contributed by atoms with van der Waals surface area (Å²) in [5.74, 6) is 0.0398. The Balaban J connectivity index is 2.32. The predicted octanol–water partition coefficient (Wildman–Crippen LogP) is 1.08. The topological polar surface area (TPSA) is 68.3 Å². The van der Waals surface area contributed by atoms with E-state index in [4.69, 9.17) is 16.3 Å². The third-order valence-corrected chi connectivity index (χ3v) is 2.27. The van der Waals surface area contributed by atoms with Crippen LogP contribution in [0.4, 0.5) is 11.4 Å². The maximum absolute atomic E-state index is 11.2. The molecule has 0 radical (unpaired) electrons. The monoisotopic (exact) mass is 238 g/mol. The molecule has 0 spiro atoms. The number of halogens is 1. The summed E-state index contributed by atoms with van der Waals surface area (Å²) in [7, 11) is 1.33. The van der Waals surface area contributed by atoms with E-state index in [9.17, 15) is 9.59 Å². The van der Waals surface area contributed by atoms with Crippen molar-refractivity contribution in [3.05, 3.63) is 43.9 Å². The lowest BCUT2D eigenvalue weighted by Crippen LogP contribution is -2.34. The Morgan fingerprint density at radius 2 is 2.12 bits per heavy atom. The number of pyridine rings is 1. The highest BCUT2D eigenvalue weighted by Crippen LogP contribution is 2.22. The predicted molar refractivity (Wildman–Crippen MR) is 60.4 cm³/mol. The number of nitrogens with one attached hydrogen (secondary N) is 1. The fourth-order valence-corrected chi connectivity index (χ4v) is 1.48. The van der Waals surface area contributed by atoms with Crippen molar-refractivity contribution in [1.29, 1.82) is 0 Å². The molecule has 0 amide bonds. The van der Waals surface area contributed by atoms with Crippen molar-refractivity contribution in [2.45, 2.75) is 0 Å². The molecule has 5 nitrogen and oxygen atoms in total. The molecule has 0 bridgehead atoms. The van der Waals surface area contributed by atoms with Crippen LogP contribution < -0.4 is 20.9 Å². The Hall–Kier alpha value is -1.88. The van der Waals surface area contributed by atoms with E-state index in [1.165, 1.54) is 19.4 Å². The van der Waals surface area contributed by atoms with Gasteiger partial charge in [0, 0.05) is 11.9 Å². The lowest BCUT2D eigenvalue weighted by Gasteiger charge is -2.11. The summed E-state index contributed by atoms with van der Waals surface area (Å²) in [5.41, 5.74) is -0.491. The van der Waals surface area contributed by atoms with Gasteiger partial charge in [-0.2, -0.15) is 0 Å². The highest BCUT2D eigenvalue weighted by Gasteiger charge is 2.21. The summed E-state index contributed by atoms with van der Waals surface area (Å²) in [6, 6.07) is 3.17. The Bertz CT molecular complexity index is 602. The van der Waals surface area contributed by atoms with Crippen LogP contribution in [0.3, 0.4) is 0 Å². The van der Waals surface area contributed by atoms with E-state index in [-0.39, 0.29) is 11.4 Å². The molecule has 2 rings (SSSR count). The molecular formula is C10H7ClN2O3. The highest BCUT2D eigenvalue weighted by atomic mass is 35.5. The molecule has 0 aliphatic rings. The number of ether oxygens (including phenoxy) is 1. The summed E-state index contributed by atoms with van der Waals surface area (Å²) in [6.45, 7) is 0. The number of nitrogens with zero attached hydrogens (tertiary/aromatic N) is 1. The second kappa shape index (κ2) is 3.94. The van der Waals surface area contributed by atoms with Crippen molar-refractivity contribution in [2.75, 3.05) is 12.4 Å². The van der Waals surface area contributed by atoms with Gasteiger partial charge in [0.05, 0.1) is 7.11 Å². The van der Waals surface area contributed by atoms with Crippen molar-refractivity contribution >= 4 is 23.0 Å². The van der Waals surface area contributed by atoms with Gasteiger partial charge in [-0.3, -0.25) is 9.59 Å². The first-order chi connectivity index (χ1) is 7.63. The molecule has 0 fully saturated rings. The van der Waals surface area contributed by atoms with Gasteiger partial charge in [-0.15, -0.1) is 0 Å². The van der Waals surface area contributed by atoms with Gasteiger partial charge in [-0.05, 0) is 12.1 Å². The molecule has 0 saturated carbocycles. The van der Waals surface area contributed by atoms with Crippen LogP contribution in [-0.2, 0) is 0 Å². The molecule has 0 saturated heterocycles. The van der Waals surface area contributed by atoms with Gasteiger partial charge in [0.15, 0.2) is 5.75 Å². The minimum absolute atomic E-state index is 0.0398. The van der Waals surface area contributed by atoms with Gasteiger partial charge < -0.3 is 10.1 Å². The van der Waals surface area contributed by atoms with Crippen LogP contribution in [-0.4, -0.2) is 12.1 Å². The molecule has 6 heteroatoms. The third kappa shape index (κ3) is 1.65. The van der Waals surface area contributed by atoms with Crippen LogP contribution in [0.25, 0.3) is 0 Å². The summed E-state index contributed by atoms with van der Waals surface area (Å²) < 4.78 is 4.78. The zero-order valence-electron chi connectivity index (χ0n) is 8.28. The Kier molecular flexibility index (Phi) is 2.62. The van der Waals surface area contributed by atoms with Crippen LogP contribution >= 0.6 is 11.6 Å². The summed E-state index contributed by atoms with van der Waals surface area (Å²) >= 11 is 5.67. The van der Waals surface area contributed by atoms with Crippen LogP contribution in [0.2, 0.25) is 5.15 Å². The number of hydrogen-bond acceptors (Lipinski definition) is 5. The van der Waals surface area contributed by atoms with Gasteiger partial charge in [-0.1, -0.05) is 11.6 Å². The zero-order chi connectivity index (χ0) is 11.7. The summed E-state index contributed by atoms with van der Waals surface area (Å²) in [5, 5.41) is 3.05. The molecule has 82 valence electrons. The van der Waals surface area contributed by atoms with Gasteiger partial charge in [0.25, 0.3) is 10.9 Å². The highest BCUT2D eigenvalue weighted by molar-refractivity contribution is 6.29. The van der Waals surface area contributed by atoms with Crippen molar-refractivity contribution < 1.29 is 4.74 Å². The summed E-state index contributed by atoms with van der Waals surface area (Å²) in [4.78, 5) is 26.1. The first-order valence-electron chi connectivity index (χ1n) is 4.39. The second-order valence-corrected chi connectivity index (χ2v) is 3.45. The molecule has 0 unspecified atom stereocenters. The lowest BCUT2D eigenvalue weighted by atomic mass is 10.2. The Morgan fingerprint density at radius 3 is 2.75 bits per heavy atom. The number of hydrogen-bond donors (Lipinski definition) is 1. The van der Waals surface area contributed by atoms with Crippen molar-refractivity contribution in [2.24, 2.45) is 0 Å². The number of rotatable bonds is 3. The molecule has 1 heterocycles. The van der Waals surface area contributed by atoms with Crippen LogP contribution in [0.15, 0.2) is 27.9 Å². The molecular weight excluding hydrogens is 232 g/mol. The first-order valence-corrected chi connectivity index (χ1v) is 4.77. The number of aromatic nitrogens is 1. The Labute approximate surface area is 95.3 Å². The summed E-state index contributed by atoms with van der Waals surface area (Å²) in [6.07, 6.45) is 1.49. The van der Waals surface area contributed by atoms with E-state index >= 15 is 0 Å². The second-order valence-electron chi connectivity index (χ2n) is 3.06. The quantitative estimate of drug-likeness (QED) is 0.640. The smallest absolute Gasteiger partial charge is 0.272 e. The van der Waals surface area contributed by atoms with Crippen LogP contribution in [0, 0.1) is 0 Å². The third-order valence-electron chi connectivity index (χ3n) is 2.07. The van der Waals surface area contributed by atoms with E-state index in [0.717, 1.165) is 0 Å². The maximum atomic E-state index is 11.2. The van der Waals surface area contributed by atoms with Gasteiger partial charge >= 0.3 is 0 Å². The van der Waals surface area contributed by atoms with E-state index in [0.29, 0.717) is 10.8 Å². The fraction of sp³-hybridized carbons (Fsp3) is 0.100. The zero-order valence-corrected chi connectivity index (χ0v) is 9.04. The maximum Gasteiger partial charge on any atom is 0.272 e.